The largest absolute Gasteiger partial charge is 0.398 e. The SMILES string of the molecule is CC(=O)SCC(O)C(O)c1cc(F)ccc1N. The van der Waals surface area contributed by atoms with Crippen LogP contribution in [-0.4, -0.2) is 27.2 Å². The molecule has 94 valence electrons. The molecule has 0 fully saturated rings. The Morgan fingerprint density at radius 1 is 1.53 bits per heavy atom. The van der Waals surface area contributed by atoms with Gasteiger partial charge in [0.2, 0.25) is 0 Å². The summed E-state index contributed by atoms with van der Waals surface area (Å²) in [5, 5.41) is 19.3. The number of rotatable bonds is 4. The number of aliphatic hydroxyl groups excluding tert-OH is 2. The fraction of sp³-hybridized carbons (Fsp3) is 0.364. The predicted molar refractivity (Wildman–Crippen MR) is 64.9 cm³/mol. The minimum Gasteiger partial charge on any atom is -0.398 e. The highest BCUT2D eigenvalue weighted by Crippen LogP contribution is 2.25. The molecule has 0 heterocycles. The summed E-state index contributed by atoms with van der Waals surface area (Å²) in [6.45, 7) is 1.36. The smallest absolute Gasteiger partial charge is 0.185 e. The van der Waals surface area contributed by atoms with Crippen molar-refractivity contribution >= 4 is 22.6 Å². The standard InChI is InChI=1S/C11H14FNO3S/c1-6(14)17-5-10(15)11(16)8-4-7(12)2-3-9(8)13/h2-4,10-11,15-16H,5,13H2,1H3. The van der Waals surface area contributed by atoms with Crippen LogP contribution in [0.5, 0.6) is 0 Å². The first-order chi connectivity index (χ1) is 7.91. The fourth-order valence-corrected chi connectivity index (χ4v) is 1.89. The summed E-state index contributed by atoms with van der Waals surface area (Å²) >= 11 is 0.889. The third-order valence-electron chi connectivity index (χ3n) is 2.19. The maximum absolute atomic E-state index is 13.0. The van der Waals surface area contributed by atoms with E-state index in [0.29, 0.717) is 0 Å². The van der Waals surface area contributed by atoms with Crippen LogP contribution in [0.2, 0.25) is 0 Å². The average Bonchev–Trinajstić information content (AvgIpc) is 2.28. The van der Waals surface area contributed by atoms with Crippen LogP contribution in [0, 0.1) is 5.82 Å². The zero-order valence-electron chi connectivity index (χ0n) is 9.26. The van der Waals surface area contributed by atoms with E-state index in [1.165, 1.54) is 19.1 Å². The molecule has 4 N–H and O–H groups in total. The molecular weight excluding hydrogens is 245 g/mol. The Kier molecular flexibility index (Phi) is 4.92. The number of nitrogen functional groups attached to an aromatic ring is 1. The van der Waals surface area contributed by atoms with Gasteiger partial charge in [0.15, 0.2) is 5.12 Å². The molecule has 2 atom stereocenters. The number of benzene rings is 1. The number of nitrogens with two attached hydrogens (primary N) is 1. The third kappa shape index (κ3) is 3.99. The van der Waals surface area contributed by atoms with E-state index in [0.717, 1.165) is 17.8 Å². The van der Waals surface area contributed by atoms with E-state index in [-0.39, 0.29) is 22.1 Å². The van der Waals surface area contributed by atoms with Crippen molar-refractivity contribution in [1.29, 1.82) is 0 Å². The van der Waals surface area contributed by atoms with Gasteiger partial charge in [-0.25, -0.2) is 4.39 Å². The van der Waals surface area contributed by atoms with Gasteiger partial charge in [-0.15, -0.1) is 0 Å². The number of thioether (sulfide) groups is 1. The van der Waals surface area contributed by atoms with E-state index < -0.39 is 18.0 Å². The van der Waals surface area contributed by atoms with Gasteiger partial charge >= 0.3 is 0 Å². The first kappa shape index (κ1) is 14.0. The van der Waals surface area contributed by atoms with E-state index in [1.54, 1.807) is 0 Å². The number of hydrogen-bond donors (Lipinski definition) is 3. The molecule has 4 nitrogen and oxygen atoms in total. The van der Waals surface area contributed by atoms with Crippen molar-refractivity contribution in [2.24, 2.45) is 0 Å². The van der Waals surface area contributed by atoms with Crippen molar-refractivity contribution in [2.45, 2.75) is 19.1 Å². The Labute approximate surface area is 103 Å². The molecule has 0 bridgehead atoms. The van der Waals surface area contributed by atoms with Gasteiger partial charge in [-0.3, -0.25) is 4.79 Å². The van der Waals surface area contributed by atoms with Crippen LogP contribution in [0.15, 0.2) is 18.2 Å². The van der Waals surface area contributed by atoms with E-state index in [2.05, 4.69) is 0 Å². The molecule has 0 spiro atoms. The normalized spacial score (nSPS) is 14.4. The Balaban J connectivity index is 2.77. The van der Waals surface area contributed by atoms with Crippen molar-refractivity contribution in [1.82, 2.24) is 0 Å². The van der Waals surface area contributed by atoms with Gasteiger partial charge in [0.05, 0.1) is 6.10 Å². The van der Waals surface area contributed by atoms with Crippen LogP contribution >= 0.6 is 11.8 Å². The van der Waals surface area contributed by atoms with Crippen molar-refractivity contribution in [3.63, 3.8) is 0 Å². The number of anilines is 1. The van der Waals surface area contributed by atoms with Crippen molar-refractivity contribution < 1.29 is 19.4 Å². The summed E-state index contributed by atoms with van der Waals surface area (Å²) in [5.41, 5.74) is 5.90. The summed E-state index contributed by atoms with van der Waals surface area (Å²) in [5.74, 6) is -0.508. The molecule has 0 aliphatic heterocycles. The zero-order chi connectivity index (χ0) is 13.0. The molecule has 0 saturated carbocycles. The number of aliphatic hydroxyl groups is 2. The highest BCUT2D eigenvalue weighted by atomic mass is 32.2. The molecule has 0 amide bonds. The van der Waals surface area contributed by atoms with Crippen LogP contribution in [0.1, 0.15) is 18.6 Å². The lowest BCUT2D eigenvalue weighted by molar-refractivity contribution is -0.109. The van der Waals surface area contributed by atoms with Crippen molar-refractivity contribution in [3.05, 3.63) is 29.6 Å². The van der Waals surface area contributed by atoms with Gasteiger partial charge < -0.3 is 15.9 Å². The van der Waals surface area contributed by atoms with E-state index in [4.69, 9.17) is 5.73 Å². The van der Waals surface area contributed by atoms with Gasteiger partial charge in [-0.1, -0.05) is 11.8 Å². The average molecular weight is 259 g/mol. The van der Waals surface area contributed by atoms with Gasteiger partial charge in [0, 0.05) is 23.9 Å². The molecule has 17 heavy (non-hydrogen) atoms. The quantitative estimate of drug-likeness (QED) is 0.705. The van der Waals surface area contributed by atoms with Crippen LogP contribution in [0.3, 0.4) is 0 Å². The second-order valence-electron chi connectivity index (χ2n) is 3.59. The minimum atomic E-state index is -1.31. The van der Waals surface area contributed by atoms with Gasteiger partial charge in [0.1, 0.15) is 11.9 Å². The first-order valence-electron chi connectivity index (χ1n) is 4.96. The Hall–Kier alpha value is -1.11. The third-order valence-corrected chi connectivity index (χ3v) is 3.10. The van der Waals surface area contributed by atoms with Crippen LogP contribution in [-0.2, 0) is 4.79 Å². The molecule has 2 unspecified atom stereocenters. The minimum absolute atomic E-state index is 0.0342. The summed E-state index contributed by atoms with van der Waals surface area (Å²) in [4.78, 5) is 10.7. The van der Waals surface area contributed by atoms with Gasteiger partial charge in [0.25, 0.3) is 0 Å². The second-order valence-corrected chi connectivity index (χ2v) is 4.78. The monoisotopic (exact) mass is 259 g/mol. The first-order valence-corrected chi connectivity index (χ1v) is 5.94. The molecular formula is C11H14FNO3S. The number of carbonyl (C=O) groups excluding carboxylic acids is 1. The van der Waals surface area contributed by atoms with Gasteiger partial charge in [-0.2, -0.15) is 0 Å². The number of halogens is 1. The van der Waals surface area contributed by atoms with E-state index in [9.17, 15) is 19.4 Å². The lowest BCUT2D eigenvalue weighted by Crippen LogP contribution is -2.22. The molecule has 0 saturated heterocycles. The summed E-state index contributed by atoms with van der Waals surface area (Å²) in [7, 11) is 0. The zero-order valence-corrected chi connectivity index (χ0v) is 10.1. The Morgan fingerprint density at radius 2 is 2.18 bits per heavy atom. The predicted octanol–water partition coefficient (Wildman–Crippen LogP) is 1.08. The van der Waals surface area contributed by atoms with Crippen LogP contribution < -0.4 is 5.73 Å². The fourth-order valence-electron chi connectivity index (χ4n) is 1.30. The van der Waals surface area contributed by atoms with Crippen molar-refractivity contribution in [3.8, 4) is 0 Å². The van der Waals surface area contributed by atoms with Crippen LogP contribution in [0.25, 0.3) is 0 Å². The van der Waals surface area contributed by atoms with E-state index >= 15 is 0 Å². The maximum Gasteiger partial charge on any atom is 0.185 e. The molecule has 6 heteroatoms. The summed E-state index contributed by atoms with van der Waals surface area (Å²) < 4.78 is 13.0. The maximum atomic E-state index is 13.0. The second kappa shape index (κ2) is 6.00. The summed E-state index contributed by atoms with van der Waals surface area (Å²) in [6.07, 6.45) is -2.48. The molecule has 1 aromatic rings. The van der Waals surface area contributed by atoms with Gasteiger partial charge in [-0.05, 0) is 18.2 Å². The topological polar surface area (TPSA) is 83.5 Å². The molecule has 1 rings (SSSR count). The Bertz CT molecular complexity index is 414. The number of hydrogen-bond acceptors (Lipinski definition) is 5. The molecule has 0 aliphatic rings. The van der Waals surface area contributed by atoms with E-state index in [1.807, 2.05) is 0 Å². The molecule has 0 aromatic heterocycles. The lowest BCUT2D eigenvalue weighted by atomic mass is 10.0. The highest BCUT2D eigenvalue weighted by molar-refractivity contribution is 8.13. The van der Waals surface area contributed by atoms with Crippen molar-refractivity contribution in [2.75, 3.05) is 11.5 Å². The summed E-state index contributed by atoms with van der Waals surface area (Å²) in [6, 6.07) is 3.56. The highest BCUT2D eigenvalue weighted by Gasteiger charge is 2.21. The molecule has 0 aliphatic carbocycles. The molecule has 1 aromatic carbocycles. The Morgan fingerprint density at radius 3 is 2.76 bits per heavy atom. The van der Waals surface area contributed by atoms with Crippen LogP contribution in [0.4, 0.5) is 10.1 Å². The number of carbonyl (C=O) groups is 1. The molecule has 0 radical (unpaired) electrons. The lowest BCUT2D eigenvalue weighted by Gasteiger charge is -2.18.